The molecule has 0 amide bonds. The maximum absolute atomic E-state index is 14.6. The summed E-state index contributed by atoms with van der Waals surface area (Å²) in [6, 6.07) is 5.49. The lowest BCUT2D eigenvalue weighted by molar-refractivity contribution is -0.182. The van der Waals surface area contributed by atoms with Gasteiger partial charge in [0, 0.05) is 0 Å². The van der Waals surface area contributed by atoms with E-state index in [0.29, 0.717) is 24.3 Å². The largest absolute Gasteiger partial charge is 0.391 e. The van der Waals surface area contributed by atoms with Gasteiger partial charge in [-0.05, 0) is 73.5 Å². The molecule has 2 aliphatic carbocycles. The summed E-state index contributed by atoms with van der Waals surface area (Å²) in [5.74, 6) is -0.300. The van der Waals surface area contributed by atoms with Crippen molar-refractivity contribution >= 4 is 0 Å². The Labute approximate surface area is 141 Å². The first kappa shape index (κ1) is 17.8. The molecule has 4 heteroatoms. The molecule has 24 heavy (non-hydrogen) atoms. The van der Waals surface area contributed by atoms with Crippen molar-refractivity contribution in [1.82, 2.24) is 0 Å². The van der Waals surface area contributed by atoms with Gasteiger partial charge in [-0.2, -0.15) is 13.2 Å². The Kier molecular flexibility index (Phi) is 5.22. The quantitative estimate of drug-likeness (QED) is 0.510. The Hall–Kier alpha value is -1.06. The minimum absolute atomic E-state index is 0.0657. The number of rotatable bonds is 2. The van der Waals surface area contributed by atoms with Crippen LogP contribution in [0.2, 0.25) is 0 Å². The Morgan fingerprint density at radius 2 is 1.42 bits per heavy atom. The van der Waals surface area contributed by atoms with Crippen LogP contribution in [-0.4, -0.2) is 6.18 Å². The van der Waals surface area contributed by atoms with Crippen molar-refractivity contribution in [3.05, 3.63) is 35.1 Å². The summed E-state index contributed by atoms with van der Waals surface area (Å²) in [4.78, 5) is 0. The highest BCUT2D eigenvalue weighted by Gasteiger charge is 2.41. The molecule has 1 aromatic rings. The van der Waals surface area contributed by atoms with Crippen molar-refractivity contribution in [3.63, 3.8) is 0 Å². The second kappa shape index (κ2) is 7.05. The monoisotopic (exact) mass is 342 g/mol. The Balaban J connectivity index is 1.65. The minimum Gasteiger partial charge on any atom is -0.207 e. The summed E-state index contributed by atoms with van der Waals surface area (Å²) in [6.07, 6.45) is 1.60. The number of hydrogen-bond donors (Lipinski definition) is 0. The molecule has 0 aromatic heterocycles. The lowest BCUT2D eigenvalue weighted by Gasteiger charge is -2.31. The van der Waals surface area contributed by atoms with Gasteiger partial charge in [-0.3, -0.25) is 0 Å². The fourth-order valence-corrected chi connectivity index (χ4v) is 4.45. The highest BCUT2D eigenvalue weighted by molar-refractivity contribution is 5.30. The van der Waals surface area contributed by atoms with Crippen molar-refractivity contribution in [1.29, 1.82) is 0 Å². The molecule has 2 aliphatic rings. The first-order valence-corrected chi connectivity index (χ1v) is 9.20. The standard InChI is InChI=1S/C20H26F4/c1-13-2-4-14(5-3-13)16-8-11-18(19(21)12-16)15-6-9-17(10-7-15)20(22,23)24/h8,11-15,17H,2-7,9-10H2,1H3. The van der Waals surface area contributed by atoms with Crippen LogP contribution in [-0.2, 0) is 0 Å². The van der Waals surface area contributed by atoms with Crippen LogP contribution in [0.3, 0.4) is 0 Å². The third-order valence-electron chi connectivity index (χ3n) is 6.14. The second-order valence-electron chi connectivity index (χ2n) is 7.83. The highest BCUT2D eigenvalue weighted by atomic mass is 19.4. The van der Waals surface area contributed by atoms with E-state index in [4.69, 9.17) is 0 Å². The van der Waals surface area contributed by atoms with Crippen molar-refractivity contribution in [2.45, 2.75) is 76.3 Å². The molecule has 3 rings (SSSR count). The van der Waals surface area contributed by atoms with Gasteiger partial charge in [-0.15, -0.1) is 0 Å². The average molecular weight is 342 g/mol. The molecule has 0 bridgehead atoms. The van der Waals surface area contributed by atoms with Gasteiger partial charge in [0.15, 0.2) is 0 Å². The number of hydrogen-bond acceptors (Lipinski definition) is 0. The smallest absolute Gasteiger partial charge is 0.207 e. The average Bonchev–Trinajstić information content (AvgIpc) is 2.55. The molecule has 0 aliphatic heterocycles. The van der Waals surface area contributed by atoms with Crippen molar-refractivity contribution in [2.24, 2.45) is 11.8 Å². The molecule has 134 valence electrons. The molecule has 0 N–H and O–H groups in total. The molecular formula is C20H26F4. The molecule has 2 fully saturated rings. The van der Waals surface area contributed by atoms with Gasteiger partial charge >= 0.3 is 6.18 Å². The molecule has 0 atom stereocenters. The van der Waals surface area contributed by atoms with E-state index in [9.17, 15) is 17.6 Å². The first-order valence-electron chi connectivity index (χ1n) is 9.20. The van der Waals surface area contributed by atoms with Crippen molar-refractivity contribution < 1.29 is 17.6 Å². The Bertz CT molecular complexity index is 547. The number of alkyl halides is 3. The van der Waals surface area contributed by atoms with Crippen LogP contribution in [0.5, 0.6) is 0 Å². The fraction of sp³-hybridized carbons (Fsp3) is 0.700. The van der Waals surface area contributed by atoms with Gasteiger partial charge in [-0.1, -0.05) is 31.9 Å². The molecule has 0 nitrogen and oxygen atoms in total. The summed E-state index contributed by atoms with van der Waals surface area (Å²) in [5.41, 5.74) is 1.68. The van der Waals surface area contributed by atoms with Crippen LogP contribution in [0.1, 0.15) is 81.3 Å². The molecule has 0 spiro atoms. The molecule has 0 heterocycles. The zero-order valence-corrected chi connectivity index (χ0v) is 14.2. The van der Waals surface area contributed by atoms with Crippen molar-refractivity contribution in [3.8, 4) is 0 Å². The van der Waals surface area contributed by atoms with Crippen LogP contribution in [0.4, 0.5) is 17.6 Å². The molecule has 0 unspecified atom stereocenters. The molecule has 1 aromatic carbocycles. The molecule has 0 saturated heterocycles. The van der Waals surface area contributed by atoms with Crippen LogP contribution in [0, 0.1) is 17.7 Å². The summed E-state index contributed by atoms with van der Waals surface area (Å²) in [5, 5.41) is 0. The normalized spacial score (nSPS) is 31.9. The molecule has 2 saturated carbocycles. The maximum atomic E-state index is 14.6. The van der Waals surface area contributed by atoms with E-state index >= 15 is 0 Å². The van der Waals surface area contributed by atoms with Gasteiger partial charge in [0.25, 0.3) is 0 Å². The van der Waals surface area contributed by atoms with Gasteiger partial charge in [0.2, 0.25) is 0 Å². The predicted octanol–water partition coefficient (Wildman–Crippen LogP) is 6.96. The first-order chi connectivity index (χ1) is 11.3. The van der Waals surface area contributed by atoms with E-state index < -0.39 is 12.1 Å². The van der Waals surface area contributed by atoms with Gasteiger partial charge in [-0.25, -0.2) is 4.39 Å². The number of halogens is 4. The Morgan fingerprint density at radius 1 is 0.833 bits per heavy atom. The zero-order valence-electron chi connectivity index (χ0n) is 14.2. The van der Waals surface area contributed by atoms with E-state index in [0.717, 1.165) is 24.3 Å². The SMILES string of the molecule is CC1CCC(c2ccc(C3CCC(C(F)(F)F)CC3)c(F)c2)CC1. The van der Waals surface area contributed by atoms with Crippen LogP contribution >= 0.6 is 0 Å². The highest BCUT2D eigenvalue weighted by Crippen LogP contribution is 2.44. The maximum Gasteiger partial charge on any atom is 0.391 e. The predicted molar refractivity (Wildman–Crippen MR) is 87.5 cm³/mol. The van der Waals surface area contributed by atoms with Gasteiger partial charge in [0.1, 0.15) is 5.82 Å². The lowest BCUT2D eigenvalue weighted by atomic mass is 9.76. The summed E-state index contributed by atoms with van der Waals surface area (Å²) < 4.78 is 52.9. The Morgan fingerprint density at radius 3 is 1.96 bits per heavy atom. The van der Waals surface area contributed by atoms with E-state index in [1.54, 1.807) is 6.07 Å². The third-order valence-corrected chi connectivity index (χ3v) is 6.14. The third kappa shape index (κ3) is 3.94. The minimum atomic E-state index is -4.11. The number of benzene rings is 1. The summed E-state index contributed by atoms with van der Waals surface area (Å²) >= 11 is 0. The van der Waals surface area contributed by atoms with Crippen LogP contribution in [0.25, 0.3) is 0 Å². The summed E-state index contributed by atoms with van der Waals surface area (Å²) in [7, 11) is 0. The summed E-state index contributed by atoms with van der Waals surface area (Å²) in [6.45, 7) is 2.26. The van der Waals surface area contributed by atoms with E-state index in [1.165, 1.54) is 12.8 Å². The van der Waals surface area contributed by atoms with Crippen LogP contribution in [0.15, 0.2) is 18.2 Å². The van der Waals surface area contributed by atoms with Gasteiger partial charge in [0.05, 0.1) is 5.92 Å². The zero-order chi connectivity index (χ0) is 17.3. The topological polar surface area (TPSA) is 0 Å². The lowest BCUT2D eigenvalue weighted by Crippen LogP contribution is -2.27. The van der Waals surface area contributed by atoms with Crippen LogP contribution < -0.4 is 0 Å². The molecular weight excluding hydrogens is 316 g/mol. The fourth-order valence-electron chi connectivity index (χ4n) is 4.45. The van der Waals surface area contributed by atoms with E-state index in [1.807, 2.05) is 12.1 Å². The van der Waals surface area contributed by atoms with E-state index in [2.05, 4.69) is 6.92 Å². The molecule has 0 radical (unpaired) electrons. The van der Waals surface area contributed by atoms with E-state index in [-0.39, 0.29) is 24.6 Å². The van der Waals surface area contributed by atoms with Gasteiger partial charge < -0.3 is 0 Å². The van der Waals surface area contributed by atoms with Crippen molar-refractivity contribution in [2.75, 3.05) is 0 Å². The second-order valence-corrected chi connectivity index (χ2v) is 7.83.